The Morgan fingerprint density at radius 3 is 1.84 bits per heavy atom. The van der Waals surface area contributed by atoms with Gasteiger partial charge in [0.15, 0.2) is 0 Å². The third-order valence-corrected chi connectivity index (χ3v) is 5.33. The molecule has 0 aromatic rings. The molecular weight excluding hydrogens is 392 g/mol. The van der Waals surface area contributed by atoms with Crippen LogP contribution in [0.3, 0.4) is 0 Å². The molecule has 0 saturated heterocycles. The van der Waals surface area contributed by atoms with Gasteiger partial charge in [-0.25, -0.2) is 4.79 Å². The number of hydrogen-bond acceptors (Lipinski definition) is 3. The molecule has 6 nitrogen and oxygen atoms in total. The van der Waals surface area contributed by atoms with Gasteiger partial charge in [0.1, 0.15) is 6.04 Å². The molecule has 0 aromatic heterocycles. The zero-order chi connectivity index (χ0) is 23.2. The van der Waals surface area contributed by atoms with Gasteiger partial charge in [0.25, 0.3) is 0 Å². The first-order chi connectivity index (χ1) is 15.0. The summed E-state index contributed by atoms with van der Waals surface area (Å²) < 4.78 is 0. The number of allylic oxidation sites excluding steroid dienone is 2. The fraction of sp³-hybridized carbons (Fsp3) is 0.800. The monoisotopic (exact) mass is 438 g/mol. The summed E-state index contributed by atoms with van der Waals surface area (Å²) in [6.07, 6.45) is 20.7. The smallest absolute Gasteiger partial charge is 0.326 e. The van der Waals surface area contributed by atoms with Crippen LogP contribution in [0.1, 0.15) is 117 Å². The lowest BCUT2D eigenvalue weighted by Crippen LogP contribution is -2.41. The Bertz CT molecular complexity index is 506. The average molecular weight is 439 g/mol. The van der Waals surface area contributed by atoms with Crippen LogP contribution >= 0.6 is 0 Å². The molecule has 0 aliphatic rings. The minimum atomic E-state index is -1.10. The number of nitrogens with one attached hydrogen (secondary N) is 2. The average Bonchev–Trinajstić information content (AvgIpc) is 2.73. The third-order valence-electron chi connectivity index (χ3n) is 5.33. The number of carboxylic acid groups (broad SMARTS) is 1. The first-order valence-electron chi connectivity index (χ1n) is 12.4. The van der Waals surface area contributed by atoms with E-state index < -0.39 is 12.0 Å². The quantitative estimate of drug-likeness (QED) is 0.163. The van der Waals surface area contributed by atoms with Gasteiger partial charge >= 0.3 is 5.97 Å². The van der Waals surface area contributed by atoms with Gasteiger partial charge in [-0.15, -0.1) is 0 Å². The zero-order valence-corrected chi connectivity index (χ0v) is 19.9. The van der Waals surface area contributed by atoms with Gasteiger partial charge in [-0.3, -0.25) is 9.59 Å². The molecule has 0 fully saturated rings. The Morgan fingerprint density at radius 2 is 1.29 bits per heavy atom. The number of carbonyl (C=O) groups is 3. The van der Waals surface area contributed by atoms with Gasteiger partial charge in [-0.1, -0.05) is 70.4 Å². The molecular formula is C25H46N2O4. The fourth-order valence-electron chi connectivity index (χ4n) is 3.44. The Morgan fingerprint density at radius 1 is 0.742 bits per heavy atom. The summed E-state index contributed by atoms with van der Waals surface area (Å²) in [6.45, 7) is 4.57. The van der Waals surface area contributed by atoms with Crippen LogP contribution in [-0.4, -0.2) is 35.5 Å². The van der Waals surface area contributed by atoms with Crippen molar-refractivity contribution >= 4 is 17.8 Å². The second-order valence-electron chi connectivity index (χ2n) is 8.28. The number of carboxylic acids is 1. The van der Waals surface area contributed by atoms with E-state index in [1.54, 1.807) is 0 Å². The van der Waals surface area contributed by atoms with Crippen molar-refractivity contribution in [3.63, 3.8) is 0 Å². The minimum Gasteiger partial charge on any atom is -0.480 e. The molecule has 6 heteroatoms. The predicted molar refractivity (Wildman–Crippen MR) is 127 cm³/mol. The van der Waals surface area contributed by atoms with E-state index >= 15 is 0 Å². The molecule has 0 saturated carbocycles. The first kappa shape index (κ1) is 29.1. The van der Waals surface area contributed by atoms with Crippen molar-refractivity contribution in [2.24, 2.45) is 0 Å². The summed E-state index contributed by atoms with van der Waals surface area (Å²) in [6, 6.07) is -1.00. The van der Waals surface area contributed by atoms with E-state index in [1.807, 2.05) is 6.92 Å². The second kappa shape index (κ2) is 21.4. The molecule has 0 radical (unpaired) electrons. The maximum absolute atomic E-state index is 12.0. The van der Waals surface area contributed by atoms with Crippen LogP contribution < -0.4 is 10.6 Å². The van der Waals surface area contributed by atoms with Crippen molar-refractivity contribution in [2.45, 2.75) is 123 Å². The van der Waals surface area contributed by atoms with Crippen molar-refractivity contribution in [1.82, 2.24) is 10.6 Å². The van der Waals surface area contributed by atoms with Crippen molar-refractivity contribution < 1.29 is 19.5 Å². The highest BCUT2D eigenvalue weighted by molar-refractivity contribution is 5.84. The molecule has 2 amide bonds. The highest BCUT2D eigenvalue weighted by Gasteiger charge is 2.20. The van der Waals surface area contributed by atoms with Crippen LogP contribution in [0.5, 0.6) is 0 Å². The Labute approximate surface area is 189 Å². The van der Waals surface area contributed by atoms with Crippen molar-refractivity contribution in [2.75, 3.05) is 6.54 Å². The van der Waals surface area contributed by atoms with E-state index in [0.29, 0.717) is 13.0 Å². The van der Waals surface area contributed by atoms with E-state index in [9.17, 15) is 19.5 Å². The van der Waals surface area contributed by atoms with E-state index in [2.05, 4.69) is 29.7 Å². The van der Waals surface area contributed by atoms with E-state index in [0.717, 1.165) is 32.1 Å². The summed E-state index contributed by atoms with van der Waals surface area (Å²) in [4.78, 5) is 34.7. The number of rotatable bonds is 21. The number of hydrogen-bond donors (Lipinski definition) is 3. The number of carbonyl (C=O) groups excluding carboxylic acids is 2. The van der Waals surface area contributed by atoms with Crippen LogP contribution in [0.15, 0.2) is 12.2 Å². The largest absolute Gasteiger partial charge is 0.480 e. The van der Waals surface area contributed by atoms with Crippen molar-refractivity contribution in [1.29, 1.82) is 0 Å². The summed E-state index contributed by atoms with van der Waals surface area (Å²) in [5, 5.41) is 14.4. The topological polar surface area (TPSA) is 95.5 Å². The zero-order valence-electron chi connectivity index (χ0n) is 19.9. The summed E-state index contributed by atoms with van der Waals surface area (Å²) in [5.74, 6) is -1.54. The van der Waals surface area contributed by atoms with Crippen LogP contribution in [0, 0.1) is 0 Å². The number of aliphatic carboxylic acids is 1. The normalized spacial score (nSPS) is 12.1. The molecule has 0 aliphatic heterocycles. The Hall–Kier alpha value is -1.85. The standard InChI is InChI=1S/C25H46N2O4/c1-3-5-6-7-8-9-10-11-12-13-14-15-16-17-18-19-24(29)27-22(25(30)31)20-21-23(28)26-4-2/h11-12,22H,3-10,13-21H2,1-2H3,(H,26,28)(H,27,29)(H,30,31)/b12-11-. The van der Waals surface area contributed by atoms with Gasteiger partial charge in [0.05, 0.1) is 0 Å². The van der Waals surface area contributed by atoms with Crippen LogP contribution in [0.25, 0.3) is 0 Å². The van der Waals surface area contributed by atoms with Gasteiger partial charge < -0.3 is 15.7 Å². The molecule has 0 heterocycles. The second-order valence-corrected chi connectivity index (χ2v) is 8.28. The third kappa shape index (κ3) is 19.8. The molecule has 0 bridgehead atoms. The first-order valence-corrected chi connectivity index (χ1v) is 12.4. The SMILES string of the molecule is CCCCCCCC/C=C\CCCCCCCC(=O)NC(CCC(=O)NCC)C(=O)O. The maximum atomic E-state index is 12.0. The van der Waals surface area contributed by atoms with Crippen LogP contribution in [0.4, 0.5) is 0 Å². The maximum Gasteiger partial charge on any atom is 0.326 e. The number of amides is 2. The lowest BCUT2D eigenvalue weighted by Gasteiger charge is -2.14. The fourth-order valence-corrected chi connectivity index (χ4v) is 3.44. The van der Waals surface area contributed by atoms with Gasteiger partial charge in [-0.2, -0.15) is 0 Å². The lowest BCUT2D eigenvalue weighted by molar-refractivity contribution is -0.142. The van der Waals surface area contributed by atoms with Crippen LogP contribution in [0.2, 0.25) is 0 Å². The molecule has 3 N–H and O–H groups in total. The molecule has 0 aromatic carbocycles. The number of unbranched alkanes of at least 4 members (excludes halogenated alkanes) is 11. The molecule has 0 aliphatic carbocycles. The van der Waals surface area contributed by atoms with Crippen LogP contribution in [-0.2, 0) is 14.4 Å². The molecule has 180 valence electrons. The van der Waals surface area contributed by atoms with E-state index in [4.69, 9.17) is 0 Å². The van der Waals surface area contributed by atoms with Gasteiger partial charge in [0.2, 0.25) is 11.8 Å². The van der Waals surface area contributed by atoms with Gasteiger partial charge in [0, 0.05) is 19.4 Å². The molecule has 1 unspecified atom stereocenters. The summed E-state index contributed by atoms with van der Waals surface area (Å²) in [5.41, 5.74) is 0. The molecule has 31 heavy (non-hydrogen) atoms. The summed E-state index contributed by atoms with van der Waals surface area (Å²) in [7, 11) is 0. The van der Waals surface area contributed by atoms with E-state index in [1.165, 1.54) is 51.4 Å². The molecule has 0 spiro atoms. The molecule has 1 atom stereocenters. The predicted octanol–water partition coefficient (Wildman–Crippen LogP) is 5.51. The molecule has 0 rings (SSSR count). The van der Waals surface area contributed by atoms with Gasteiger partial charge in [-0.05, 0) is 45.4 Å². The van der Waals surface area contributed by atoms with E-state index in [-0.39, 0.29) is 24.7 Å². The summed E-state index contributed by atoms with van der Waals surface area (Å²) >= 11 is 0. The highest BCUT2D eigenvalue weighted by atomic mass is 16.4. The Kier molecular flexibility index (Phi) is 20.1. The minimum absolute atomic E-state index is 0.0957. The highest BCUT2D eigenvalue weighted by Crippen LogP contribution is 2.10. The van der Waals surface area contributed by atoms with Crippen molar-refractivity contribution in [3.05, 3.63) is 12.2 Å². The Balaban J connectivity index is 3.64. The lowest BCUT2D eigenvalue weighted by atomic mass is 10.1. The van der Waals surface area contributed by atoms with Crippen molar-refractivity contribution in [3.8, 4) is 0 Å².